The summed E-state index contributed by atoms with van der Waals surface area (Å²) in [6.07, 6.45) is 1.76. The Morgan fingerprint density at radius 1 is 1.38 bits per heavy atom. The van der Waals surface area contributed by atoms with Crippen LogP contribution in [-0.2, 0) is 0 Å². The number of halogens is 1. The van der Waals surface area contributed by atoms with Crippen molar-refractivity contribution in [2.75, 3.05) is 37.6 Å². The van der Waals surface area contributed by atoms with Crippen LogP contribution >= 0.6 is 24.2 Å². The molecule has 2 rings (SSSR count). The summed E-state index contributed by atoms with van der Waals surface area (Å²) in [5.74, 6) is 0.866. The van der Waals surface area contributed by atoms with Gasteiger partial charge >= 0.3 is 0 Å². The molecule has 0 saturated carbocycles. The zero-order chi connectivity index (χ0) is 11.5. The maximum atomic E-state index is 6.20. The summed E-state index contributed by atoms with van der Waals surface area (Å²) in [4.78, 5) is 9.79. The van der Waals surface area contributed by atoms with Gasteiger partial charge in [0.15, 0.2) is 0 Å². The van der Waals surface area contributed by atoms with Crippen LogP contribution in [0.4, 0.5) is 5.82 Å². The molecule has 0 amide bonds. The SMILES string of the molecule is CCN1CCN(c2nccc(S)c2Cl)CC1. The highest BCUT2D eigenvalue weighted by atomic mass is 35.5. The number of hydrogen-bond acceptors (Lipinski definition) is 4. The Hall–Kier alpha value is -0.450. The van der Waals surface area contributed by atoms with Crippen LogP contribution < -0.4 is 4.90 Å². The van der Waals surface area contributed by atoms with Crippen LogP contribution in [0.3, 0.4) is 0 Å². The average molecular weight is 258 g/mol. The molecule has 1 aliphatic rings. The number of thiol groups is 1. The second-order valence-corrected chi connectivity index (χ2v) is 4.75. The monoisotopic (exact) mass is 257 g/mol. The van der Waals surface area contributed by atoms with Crippen molar-refractivity contribution in [2.24, 2.45) is 0 Å². The Labute approximate surface area is 107 Å². The first-order chi connectivity index (χ1) is 7.72. The lowest BCUT2D eigenvalue weighted by molar-refractivity contribution is 0.270. The predicted octanol–water partition coefficient (Wildman–Crippen LogP) is 2.17. The first-order valence-electron chi connectivity index (χ1n) is 5.53. The highest BCUT2D eigenvalue weighted by Gasteiger charge is 2.19. The van der Waals surface area contributed by atoms with Crippen molar-refractivity contribution < 1.29 is 0 Å². The van der Waals surface area contributed by atoms with Crippen molar-refractivity contribution in [3.05, 3.63) is 17.3 Å². The molecular weight excluding hydrogens is 242 g/mol. The number of rotatable bonds is 2. The lowest BCUT2D eigenvalue weighted by atomic mass is 10.3. The standard InChI is InChI=1S/C11H16ClN3S/c1-2-14-5-7-15(8-6-14)11-10(12)9(16)3-4-13-11/h3-4H,2,5-8H2,1H3,(H,13,16). The molecule has 88 valence electrons. The number of aromatic nitrogens is 1. The molecule has 1 fully saturated rings. The van der Waals surface area contributed by atoms with E-state index in [2.05, 4.69) is 34.3 Å². The molecule has 3 nitrogen and oxygen atoms in total. The van der Waals surface area contributed by atoms with Crippen LogP contribution in [0, 0.1) is 0 Å². The third-order valence-electron chi connectivity index (χ3n) is 2.97. The van der Waals surface area contributed by atoms with Gasteiger partial charge in [0.05, 0.1) is 5.02 Å². The van der Waals surface area contributed by atoms with Crippen LogP contribution in [0.2, 0.25) is 5.02 Å². The molecule has 0 N–H and O–H groups in total. The minimum absolute atomic E-state index is 0.663. The molecule has 0 radical (unpaired) electrons. The fourth-order valence-electron chi connectivity index (χ4n) is 1.92. The van der Waals surface area contributed by atoms with Crippen molar-refractivity contribution in [1.82, 2.24) is 9.88 Å². The maximum absolute atomic E-state index is 6.20. The highest BCUT2D eigenvalue weighted by Crippen LogP contribution is 2.29. The zero-order valence-electron chi connectivity index (χ0n) is 9.36. The smallest absolute Gasteiger partial charge is 0.148 e. The molecule has 0 bridgehead atoms. The summed E-state index contributed by atoms with van der Waals surface area (Å²) in [5, 5.41) is 0.663. The molecule has 0 unspecified atom stereocenters. The van der Waals surface area contributed by atoms with E-state index in [1.54, 1.807) is 6.20 Å². The minimum Gasteiger partial charge on any atom is -0.353 e. The summed E-state index contributed by atoms with van der Waals surface area (Å²) >= 11 is 10.5. The second kappa shape index (κ2) is 5.25. The van der Waals surface area contributed by atoms with Crippen molar-refractivity contribution in [1.29, 1.82) is 0 Å². The fourth-order valence-corrected chi connectivity index (χ4v) is 2.32. The summed E-state index contributed by atoms with van der Waals surface area (Å²) in [6, 6.07) is 1.82. The first-order valence-corrected chi connectivity index (χ1v) is 6.35. The van der Waals surface area contributed by atoms with Gasteiger partial charge in [-0.15, -0.1) is 12.6 Å². The zero-order valence-corrected chi connectivity index (χ0v) is 11.0. The molecule has 1 aromatic rings. The second-order valence-electron chi connectivity index (χ2n) is 3.89. The van der Waals surface area contributed by atoms with Gasteiger partial charge in [0.2, 0.25) is 0 Å². The topological polar surface area (TPSA) is 19.4 Å². The van der Waals surface area contributed by atoms with Gasteiger partial charge in [-0.05, 0) is 12.6 Å². The molecule has 16 heavy (non-hydrogen) atoms. The molecular formula is C11H16ClN3S. The summed E-state index contributed by atoms with van der Waals surface area (Å²) in [7, 11) is 0. The molecule has 0 aromatic carbocycles. The van der Waals surface area contributed by atoms with Crippen molar-refractivity contribution >= 4 is 30.0 Å². The van der Waals surface area contributed by atoms with Gasteiger partial charge in [-0.3, -0.25) is 0 Å². The third-order valence-corrected chi connectivity index (χ3v) is 3.85. The lowest BCUT2D eigenvalue weighted by Gasteiger charge is -2.35. The van der Waals surface area contributed by atoms with Crippen LogP contribution in [0.25, 0.3) is 0 Å². The fraction of sp³-hybridized carbons (Fsp3) is 0.545. The molecule has 1 aromatic heterocycles. The van der Waals surface area contributed by atoms with Gasteiger partial charge < -0.3 is 9.80 Å². The lowest BCUT2D eigenvalue weighted by Crippen LogP contribution is -2.46. The van der Waals surface area contributed by atoms with E-state index in [4.69, 9.17) is 11.6 Å². The van der Waals surface area contributed by atoms with E-state index in [0.29, 0.717) is 5.02 Å². The Morgan fingerprint density at radius 3 is 2.69 bits per heavy atom. The largest absolute Gasteiger partial charge is 0.353 e. The van der Waals surface area contributed by atoms with Crippen LogP contribution in [-0.4, -0.2) is 42.6 Å². The summed E-state index contributed by atoms with van der Waals surface area (Å²) < 4.78 is 0. The Kier molecular flexibility index (Phi) is 3.95. The van der Waals surface area contributed by atoms with E-state index < -0.39 is 0 Å². The Morgan fingerprint density at radius 2 is 2.06 bits per heavy atom. The van der Waals surface area contributed by atoms with Gasteiger partial charge in [-0.2, -0.15) is 0 Å². The number of likely N-dealkylation sites (N-methyl/N-ethyl adjacent to an activating group) is 1. The molecule has 5 heteroatoms. The van der Waals surface area contributed by atoms with Gasteiger partial charge in [0.25, 0.3) is 0 Å². The third kappa shape index (κ3) is 2.44. The molecule has 0 aliphatic carbocycles. The van der Waals surface area contributed by atoms with Crippen LogP contribution in [0.15, 0.2) is 17.2 Å². The van der Waals surface area contributed by atoms with Crippen LogP contribution in [0.5, 0.6) is 0 Å². The summed E-state index contributed by atoms with van der Waals surface area (Å²) in [6.45, 7) is 7.42. The van der Waals surface area contributed by atoms with E-state index >= 15 is 0 Å². The maximum Gasteiger partial charge on any atom is 0.148 e. The van der Waals surface area contributed by atoms with E-state index in [-0.39, 0.29) is 0 Å². The number of piperazine rings is 1. The molecule has 0 spiro atoms. The van der Waals surface area contributed by atoms with Crippen molar-refractivity contribution in [3.8, 4) is 0 Å². The van der Waals surface area contributed by atoms with Gasteiger partial charge in [0.1, 0.15) is 5.82 Å². The minimum atomic E-state index is 0.663. The average Bonchev–Trinajstić information content (AvgIpc) is 2.33. The van der Waals surface area contributed by atoms with Gasteiger partial charge in [-0.25, -0.2) is 4.98 Å². The highest BCUT2D eigenvalue weighted by molar-refractivity contribution is 7.80. The van der Waals surface area contributed by atoms with E-state index in [1.807, 2.05) is 6.07 Å². The van der Waals surface area contributed by atoms with Gasteiger partial charge in [0, 0.05) is 37.3 Å². The first kappa shape index (κ1) is 12.0. The summed E-state index contributed by atoms with van der Waals surface area (Å²) in [5.41, 5.74) is 0. The van der Waals surface area contributed by atoms with Crippen molar-refractivity contribution in [2.45, 2.75) is 11.8 Å². The van der Waals surface area contributed by atoms with E-state index in [1.165, 1.54) is 0 Å². The quantitative estimate of drug-likeness (QED) is 0.820. The molecule has 2 heterocycles. The number of pyridine rings is 1. The molecule has 1 saturated heterocycles. The predicted molar refractivity (Wildman–Crippen MR) is 70.8 cm³/mol. The number of hydrogen-bond donors (Lipinski definition) is 1. The number of anilines is 1. The Bertz CT molecular complexity index is 364. The van der Waals surface area contributed by atoms with Crippen molar-refractivity contribution in [3.63, 3.8) is 0 Å². The van der Waals surface area contributed by atoms with Gasteiger partial charge in [-0.1, -0.05) is 18.5 Å². The van der Waals surface area contributed by atoms with Crippen LogP contribution in [0.1, 0.15) is 6.92 Å². The molecule has 0 atom stereocenters. The normalized spacial score (nSPS) is 17.8. The van der Waals surface area contributed by atoms with E-state index in [0.717, 1.165) is 43.4 Å². The number of nitrogens with zero attached hydrogens (tertiary/aromatic N) is 3. The Balaban J connectivity index is 2.11. The molecule has 1 aliphatic heterocycles. The van der Waals surface area contributed by atoms with E-state index in [9.17, 15) is 0 Å².